The molecule has 1 aliphatic rings. The molecule has 2 heterocycles. The van der Waals surface area contributed by atoms with E-state index in [-0.39, 0.29) is 5.92 Å². The molecule has 3 heteroatoms. The molecule has 1 aromatic rings. The molecule has 0 bridgehead atoms. The highest BCUT2D eigenvalue weighted by atomic mass is 35.5. The number of rotatable bonds is 1. The lowest BCUT2D eigenvalue weighted by atomic mass is 10.0. The lowest BCUT2D eigenvalue weighted by molar-refractivity contribution is 0.808. The summed E-state index contributed by atoms with van der Waals surface area (Å²) in [6, 6.07) is 4.11. The average Bonchev–Trinajstić information content (AvgIpc) is 2.21. The molecule has 0 aliphatic carbocycles. The zero-order chi connectivity index (χ0) is 9.97. The van der Waals surface area contributed by atoms with Crippen LogP contribution in [0, 0.1) is 6.92 Å². The molecule has 2 nitrogen and oxygen atoms in total. The fourth-order valence-electron chi connectivity index (χ4n) is 1.39. The Morgan fingerprint density at radius 3 is 2.86 bits per heavy atom. The molecule has 0 saturated carbocycles. The van der Waals surface area contributed by atoms with E-state index in [4.69, 9.17) is 11.6 Å². The minimum Gasteiger partial charge on any atom is -0.272 e. The van der Waals surface area contributed by atoms with Gasteiger partial charge in [0.05, 0.1) is 6.54 Å². The highest BCUT2D eigenvalue weighted by Gasteiger charge is 2.11. The van der Waals surface area contributed by atoms with Crippen LogP contribution >= 0.6 is 11.6 Å². The molecule has 1 unspecified atom stereocenters. The second kappa shape index (κ2) is 3.93. The molecule has 0 saturated heterocycles. The number of pyridine rings is 1. The monoisotopic (exact) mass is 206 g/mol. The van der Waals surface area contributed by atoms with Crippen LogP contribution in [0.2, 0.25) is 0 Å². The van der Waals surface area contributed by atoms with Crippen LogP contribution < -0.4 is 0 Å². The summed E-state index contributed by atoms with van der Waals surface area (Å²) in [7, 11) is 0. The van der Waals surface area contributed by atoms with Crippen LogP contribution in [0.25, 0.3) is 0 Å². The average molecular weight is 207 g/mol. The van der Waals surface area contributed by atoms with Crippen LogP contribution in [0.1, 0.15) is 17.2 Å². The molecule has 0 amide bonds. The smallest absolute Gasteiger partial charge is 0.123 e. The van der Waals surface area contributed by atoms with Gasteiger partial charge in [0.15, 0.2) is 0 Å². The Morgan fingerprint density at radius 1 is 1.43 bits per heavy atom. The van der Waals surface area contributed by atoms with Gasteiger partial charge >= 0.3 is 0 Å². The SMILES string of the molecule is Cc1ccc(C2C=CC(Cl)=NC2)nc1. The van der Waals surface area contributed by atoms with Gasteiger partial charge in [-0.15, -0.1) is 0 Å². The van der Waals surface area contributed by atoms with Crippen molar-refractivity contribution in [2.45, 2.75) is 12.8 Å². The Morgan fingerprint density at radius 2 is 2.29 bits per heavy atom. The maximum Gasteiger partial charge on any atom is 0.123 e. The molecule has 1 atom stereocenters. The van der Waals surface area contributed by atoms with Crippen molar-refractivity contribution in [3.05, 3.63) is 41.7 Å². The standard InChI is InChI=1S/C11H11ClN2/c1-8-2-4-10(13-6-8)9-3-5-11(12)14-7-9/h2-6,9H,7H2,1H3. The predicted octanol–water partition coefficient (Wildman–Crippen LogP) is 2.68. The van der Waals surface area contributed by atoms with Crippen molar-refractivity contribution in [1.82, 2.24) is 4.98 Å². The van der Waals surface area contributed by atoms with Crippen molar-refractivity contribution in [2.75, 3.05) is 6.54 Å². The van der Waals surface area contributed by atoms with Gasteiger partial charge in [0, 0.05) is 17.8 Å². The number of nitrogens with zero attached hydrogens (tertiary/aromatic N) is 2. The summed E-state index contributed by atoms with van der Waals surface area (Å²) in [5.41, 5.74) is 2.23. The fourth-order valence-corrected chi connectivity index (χ4v) is 1.53. The van der Waals surface area contributed by atoms with Gasteiger partial charge in [-0.05, 0) is 24.6 Å². The largest absolute Gasteiger partial charge is 0.272 e. The second-order valence-corrected chi connectivity index (χ2v) is 3.78. The minimum atomic E-state index is 0.276. The van der Waals surface area contributed by atoms with Crippen LogP contribution in [0.15, 0.2) is 35.5 Å². The predicted molar refractivity (Wildman–Crippen MR) is 59.0 cm³/mol. The highest BCUT2D eigenvalue weighted by Crippen LogP contribution is 2.19. The van der Waals surface area contributed by atoms with Crippen molar-refractivity contribution in [1.29, 1.82) is 0 Å². The van der Waals surface area contributed by atoms with Crippen LogP contribution in [0.3, 0.4) is 0 Å². The van der Waals surface area contributed by atoms with Gasteiger partial charge in [-0.3, -0.25) is 9.98 Å². The molecule has 0 radical (unpaired) electrons. The molecular formula is C11H11ClN2. The quantitative estimate of drug-likeness (QED) is 0.694. The molecule has 1 aromatic heterocycles. The summed E-state index contributed by atoms with van der Waals surface area (Å²) < 4.78 is 0. The van der Waals surface area contributed by atoms with E-state index in [1.165, 1.54) is 5.56 Å². The zero-order valence-electron chi connectivity index (χ0n) is 7.94. The molecule has 0 fully saturated rings. The summed E-state index contributed by atoms with van der Waals surface area (Å²) >= 11 is 5.74. The molecule has 72 valence electrons. The number of aliphatic imine (C=N–C) groups is 1. The summed E-state index contributed by atoms with van der Waals surface area (Å²) in [5, 5.41) is 0.577. The second-order valence-electron chi connectivity index (χ2n) is 3.39. The topological polar surface area (TPSA) is 25.2 Å². The van der Waals surface area contributed by atoms with E-state index in [9.17, 15) is 0 Å². The first-order chi connectivity index (χ1) is 6.75. The van der Waals surface area contributed by atoms with E-state index in [0.29, 0.717) is 11.7 Å². The van der Waals surface area contributed by atoms with Gasteiger partial charge in [-0.2, -0.15) is 0 Å². The van der Waals surface area contributed by atoms with Gasteiger partial charge in [0.2, 0.25) is 0 Å². The normalized spacial score (nSPS) is 20.7. The third-order valence-electron chi connectivity index (χ3n) is 2.22. The van der Waals surface area contributed by atoms with Crippen LogP contribution in [0.5, 0.6) is 0 Å². The Bertz CT molecular complexity index is 379. The number of allylic oxidation sites excluding steroid dienone is 1. The number of hydrogen-bond acceptors (Lipinski definition) is 2. The molecular weight excluding hydrogens is 196 g/mol. The molecule has 0 aromatic carbocycles. The maximum absolute atomic E-state index is 5.74. The Hall–Kier alpha value is -1.15. The zero-order valence-corrected chi connectivity index (χ0v) is 8.70. The lowest BCUT2D eigenvalue weighted by Crippen LogP contribution is -2.07. The van der Waals surface area contributed by atoms with E-state index in [1.807, 2.05) is 31.3 Å². The van der Waals surface area contributed by atoms with E-state index >= 15 is 0 Å². The van der Waals surface area contributed by atoms with Gasteiger partial charge in [-0.25, -0.2) is 0 Å². The summed E-state index contributed by atoms with van der Waals surface area (Å²) in [5.74, 6) is 0.276. The Labute approximate surface area is 88.3 Å². The summed E-state index contributed by atoms with van der Waals surface area (Å²) in [6.07, 6.45) is 5.76. The van der Waals surface area contributed by atoms with E-state index in [1.54, 1.807) is 0 Å². The first kappa shape index (κ1) is 9.41. The lowest BCUT2D eigenvalue weighted by Gasteiger charge is -2.12. The third-order valence-corrected chi connectivity index (χ3v) is 2.46. The maximum atomic E-state index is 5.74. The fraction of sp³-hybridized carbons (Fsp3) is 0.273. The number of aryl methyl sites for hydroxylation is 1. The summed E-state index contributed by atoms with van der Waals surface area (Å²) in [4.78, 5) is 8.53. The molecule has 14 heavy (non-hydrogen) atoms. The number of hydrogen-bond donors (Lipinski definition) is 0. The molecule has 0 N–H and O–H groups in total. The molecule has 1 aliphatic heterocycles. The first-order valence-corrected chi connectivity index (χ1v) is 4.94. The van der Waals surface area contributed by atoms with Crippen molar-refractivity contribution in [2.24, 2.45) is 4.99 Å². The van der Waals surface area contributed by atoms with Crippen molar-refractivity contribution in [3.8, 4) is 0 Å². The van der Waals surface area contributed by atoms with Gasteiger partial charge in [-0.1, -0.05) is 23.7 Å². The van der Waals surface area contributed by atoms with Crippen molar-refractivity contribution in [3.63, 3.8) is 0 Å². The molecule has 2 rings (SSSR count). The van der Waals surface area contributed by atoms with Crippen LogP contribution in [0.4, 0.5) is 0 Å². The van der Waals surface area contributed by atoms with Crippen LogP contribution in [-0.4, -0.2) is 16.7 Å². The van der Waals surface area contributed by atoms with Crippen LogP contribution in [-0.2, 0) is 0 Å². The number of dihydropyridines is 1. The van der Waals surface area contributed by atoms with E-state index < -0.39 is 0 Å². The Kier molecular flexibility index (Phi) is 2.64. The van der Waals surface area contributed by atoms with Crippen molar-refractivity contribution >= 4 is 16.8 Å². The third kappa shape index (κ3) is 2.02. The first-order valence-electron chi connectivity index (χ1n) is 4.56. The number of halogens is 1. The molecule has 0 spiro atoms. The van der Waals surface area contributed by atoms with Crippen molar-refractivity contribution < 1.29 is 0 Å². The Balaban J connectivity index is 2.18. The van der Waals surface area contributed by atoms with E-state index in [2.05, 4.69) is 16.0 Å². The van der Waals surface area contributed by atoms with Gasteiger partial charge in [0.1, 0.15) is 5.17 Å². The summed E-state index contributed by atoms with van der Waals surface area (Å²) in [6.45, 7) is 2.73. The van der Waals surface area contributed by atoms with Gasteiger partial charge < -0.3 is 0 Å². The minimum absolute atomic E-state index is 0.276. The highest BCUT2D eigenvalue weighted by molar-refractivity contribution is 6.68. The number of aromatic nitrogens is 1. The van der Waals surface area contributed by atoms with E-state index in [0.717, 1.165) is 5.69 Å². The van der Waals surface area contributed by atoms with Gasteiger partial charge in [0.25, 0.3) is 0 Å².